The van der Waals surface area contributed by atoms with Crippen LogP contribution in [0.25, 0.3) is 0 Å². The topological polar surface area (TPSA) is 72.4 Å². The molecule has 0 saturated heterocycles. The van der Waals surface area contributed by atoms with Crippen molar-refractivity contribution in [3.05, 3.63) is 29.8 Å². The monoisotopic (exact) mass is 325 g/mol. The maximum atomic E-state index is 10.7. The quantitative estimate of drug-likeness (QED) is 0.377. The van der Waals surface area contributed by atoms with Crippen LogP contribution < -0.4 is 14.3 Å². The molecule has 6 heteroatoms. The van der Waals surface area contributed by atoms with E-state index >= 15 is 0 Å². The zero-order chi connectivity index (χ0) is 14.8. The Bertz CT molecular complexity index is 433. The molecule has 114 valence electrons. The molecule has 0 aliphatic carbocycles. The Morgan fingerprint density at radius 2 is 1.57 bits per heavy atom. The van der Waals surface area contributed by atoms with Gasteiger partial charge in [-0.1, -0.05) is 63.6 Å². The molecule has 0 amide bonds. The van der Waals surface area contributed by atoms with E-state index < -0.39 is 7.82 Å². The molecule has 0 aliphatic rings. The van der Waals surface area contributed by atoms with Crippen molar-refractivity contribution in [1.82, 2.24) is 0 Å². The van der Waals surface area contributed by atoms with Gasteiger partial charge < -0.3 is 18.9 Å². The molecule has 0 unspecified atom stereocenters. The number of para-hydroxylation sites is 1. The van der Waals surface area contributed by atoms with Crippen LogP contribution in [0.5, 0.6) is 5.75 Å². The van der Waals surface area contributed by atoms with Crippen molar-refractivity contribution in [3.63, 3.8) is 0 Å². The summed E-state index contributed by atoms with van der Waals surface area (Å²) >= 11 is 0. The fourth-order valence-electron chi connectivity index (χ4n) is 2.19. The van der Waals surface area contributed by atoms with E-state index in [1.54, 1.807) is 6.07 Å². The normalized spacial score (nSPS) is 11.0. The Kier molecular flexibility index (Phi) is 11.1. The Morgan fingerprint density at radius 1 is 1.00 bits per heavy atom. The average Bonchev–Trinajstić information content (AvgIpc) is 2.38. The van der Waals surface area contributed by atoms with E-state index in [4.69, 9.17) is 0 Å². The van der Waals surface area contributed by atoms with Crippen molar-refractivity contribution in [2.45, 2.75) is 58.3 Å². The number of benzene rings is 1. The van der Waals surface area contributed by atoms with E-state index in [9.17, 15) is 14.4 Å². The van der Waals surface area contributed by atoms with Crippen LogP contribution in [0.3, 0.4) is 0 Å². The zero-order valence-electron chi connectivity index (χ0n) is 12.6. The summed E-state index contributed by atoms with van der Waals surface area (Å²) in [6, 6.07) is 6.82. The van der Waals surface area contributed by atoms with Gasteiger partial charge >= 0.3 is 17.4 Å². The fourth-order valence-corrected chi connectivity index (χ4v) is 2.61. The first-order valence-corrected chi connectivity index (χ1v) is 8.78. The molecule has 1 aromatic carbocycles. The Balaban J connectivity index is 0.00000400. The summed E-state index contributed by atoms with van der Waals surface area (Å²) in [6.07, 6.45) is 9.11. The molecule has 0 saturated carbocycles. The van der Waals surface area contributed by atoms with Crippen LogP contribution in [0.1, 0.15) is 57.4 Å². The van der Waals surface area contributed by atoms with Crippen LogP contribution in [-0.4, -0.2) is 17.4 Å². The van der Waals surface area contributed by atoms with Crippen LogP contribution in [0.15, 0.2) is 24.3 Å². The number of hydrogen-bond acceptors (Lipinski definition) is 4. The van der Waals surface area contributed by atoms with E-state index in [1.165, 1.54) is 38.2 Å². The van der Waals surface area contributed by atoms with Gasteiger partial charge in [0.05, 0.1) is 0 Å². The molecular weight excluding hydrogens is 302 g/mol. The van der Waals surface area contributed by atoms with Gasteiger partial charge in [-0.05, 0) is 24.5 Å². The molecule has 0 heterocycles. The third kappa shape index (κ3) is 10.1. The number of rotatable bonds is 10. The zero-order valence-corrected chi connectivity index (χ0v) is 14.7. The maximum Gasteiger partial charge on any atom is 3.00 e. The molecule has 0 bridgehead atoms. The number of unbranched alkanes of at least 4 members (excludes halogenated alkanes) is 6. The van der Waals surface area contributed by atoms with Crippen molar-refractivity contribution in [2.24, 2.45) is 0 Å². The third-order valence-electron chi connectivity index (χ3n) is 3.23. The van der Waals surface area contributed by atoms with Crippen LogP contribution in [0, 0.1) is 0 Å². The number of hydrogen-bond donors (Lipinski definition) is 0. The number of aryl methyl sites for hydroxylation is 1. The van der Waals surface area contributed by atoms with Crippen molar-refractivity contribution in [2.75, 3.05) is 0 Å². The van der Waals surface area contributed by atoms with Gasteiger partial charge in [0.25, 0.3) is 0 Å². The van der Waals surface area contributed by atoms with Crippen LogP contribution in [0.4, 0.5) is 0 Å². The second-order valence-electron chi connectivity index (χ2n) is 5.02. The second kappa shape index (κ2) is 11.3. The van der Waals surface area contributed by atoms with Gasteiger partial charge in [-0.15, -0.1) is 0 Å². The smallest absolute Gasteiger partial charge is 0.780 e. The molecule has 0 spiro atoms. The van der Waals surface area contributed by atoms with Crippen LogP contribution >= 0.6 is 7.82 Å². The predicted molar refractivity (Wildman–Crippen MR) is 82.1 cm³/mol. The summed E-state index contributed by atoms with van der Waals surface area (Å²) in [5.74, 6) is 0.173. The predicted octanol–water partition coefficient (Wildman–Crippen LogP) is 2.81. The molecule has 1 aromatic rings. The minimum absolute atomic E-state index is 0. The fraction of sp³-hybridized carbons (Fsp3) is 0.600. The molecule has 4 nitrogen and oxygen atoms in total. The summed E-state index contributed by atoms with van der Waals surface area (Å²) in [4.78, 5) is 21.4. The van der Waals surface area contributed by atoms with E-state index in [0.717, 1.165) is 24.8 Å². The van der Waals surface area contributed by atoms with E-state index in [1.807, 2.05) is 12.1 Å². The Hall–Kier alpha value is -0.298. The minimum atomic E-state index is -4.97. The van der Waals surface area contributed by atoms with Crippen molar-refractivity contribution >= 4 is 25.2 Å². The molecule has 0 atom stereocenters. The van der Waals surface area contributed by atoms with Gasteiger partial charge in [0.2, 0.25) is 0 Å². The summed E-state index contributed by atoms with van der Waals surface area (Å²) in [5, 5.41) is 0. The summed E-state index contributed by atoms with van der Waals surface area (Å²) in [6.45, 7) is 2.20. The largest absolute Gasteiger partial charge is 3.00 e. The minimum Gasteiger partial charge on any atom is -0.780 e. The van der Waals surface area contributed by atoms with Gasteiger partial charge in [-0.25, -0.2) is 0 Å². The van der Waals surface area contributed by atoms with E-state index in [2.05, 4.69) is 11.4 Å². The first-order chi connectivity index (χ1) is 9.53. The molecule has 0 fully saturated rings. The number of phosphoric ester groups is 1. The molecule has 0 radical (unpaired) electrons. The molecule has 0 aliphatic heterocycles. The molecule has 0 N–H and O–H groups in total. The molecule has 21 heavy (non-hydrogen) atoms. The molecule has 0 aromatic heterocycles. The third-order valence-corrected chi connectivity index (χ3v) is 3.65. The van der Waals surface area contributed by atoms with Gasteiger partial charge in [0.15, 0.2) is 0 Å². The van der Waals surface area contributed by atoms with Crippen LogP contribution in [-0.2, 0) is 11.0 Å². The first kappa shape index (κ1) is 20.7. The van der Waals surface area contributed by atoms with Gasteiger partial charge in [0.1, 0.15) is 13.6 Å². The SMILES string of the molecule is CCCCCCCCCc1ccccc1OP(=O)([O-])[O-].[Al+3]. The standard InChI is InChI=1S/C15H25O4P.Al/c1-2-3-4-5-6-7-8-11-14-12-9-10-13-15(14)19-20(16,17)18;/h9-10,12-13H,2-8,11H2,1H3,(H2,16,17,18);/q;+3/p-2. The average molecular weight is 325 g/mol. The van der Waals surface area contributed by atoms with Crippen LogP contribution in [0.2, 0.25) is 0 Å². The molecule has 1 rings (SSSR count). The van der Waals surface area contributed by atoms with Crippen molar-refractivity contribution in [1.29, 1.82) is 0 Å². The second-order valence-corrected chi connectivity index (χ2v) is 6.09. The summed E-state index contributed by atoms with van der Waals surface area (Å²) in [5.41, 5.74) is 0.785. The summed E-state index contributed by atoms with van der Waals surface area (Å²) in [7, 11) is -4.97. The van der Waals surface area contributed by atoms with Crippen molar-refractivity contribution < 1.29 is 18.9 Å². The molecular formula is C15H23AlO4P+. The first-order valence-electron chi connectivity index (χ1n) is 7.32. The van der Waals surface area contributed by atoms with Gasteiger partial charge in [-0.3, -0.25) is 0 Å². The van der Waals surface area contributed by atoms with Gasteiger partial charge in [0, 0.05) is 0 Å². The Morgan fingerprint density at radius 3 is 2.19 bits per heavy atom. The Labute approximate surface area is 138 Å². The van der Waals surface area contributed by atoms with Crippen molar-refractivity contribution in [3.8, 4) is 5.75 Å². The van der Waals surface area contributed by atoms with E-state index in [-0.39, 0.29) is 23.1 Å². The number of phosphoric acid groups is 1. The van der Waals surface area contributed by atoms with E-state index in [0.29, 0.717) is 0 Å². The van der Waals surface area contributed by atoms with Gasteiger partial charge in [-0.2, -0.15) is 0 Å². The summed E-state index contributed by atoms with van der Waals surface area (Å²) < 4.78 is 15.2. The maximum absolute atomic E-state index is 10.7.